The highest BCUT2D eigenvalue weighted by Gasteiger charge is 2.53. The van der Waals surface area contributed by atoms with Crippen molar-refractivity contribution in [2.24, 2.45) is 5.16 Å². The molecule has 1 aromatic rings. The molecule has 3 N–H and O–H groups in total. The number of rotatable bonds is 14. The molecule has 1 unspecified atom stereocenters. The lowest BCUT2D eigenvalue weighted by atomic mass is 10.0. The molecule has 0 spiro atoms. The predicted octanol–water partition coefficient (Wildman–Crippen LogP) is 3.04. The number of thiazole rings is 1. The van der Waals surface area contributed by atoms with E-state index >= 15 is 0 Å². The summed E-state index contributed by atoms with van der Waals surface area (Å²) in [5.74, 6) is -0.953. The summed E-state index contributed by atoms with van der Waals surface area (Å²) in [4.78, 5) is 48.5. The van der Waals surface area contributed by atoms with Gasteiger partial charge in [-0.1, -0.05) is 57.0 Å². The summed E-state index contributed by atoms with van der Waals surface area (Å²) in [5, 5.41) is 7.90. The third-order valence-electron chi connectivity index (χ3n) is 5.74. The smallest absolute Gasteiger partial charge is 0.354 e. The fourth-order valence-electron chi connectivity index (χ4n) is 3.91. The van der Waals surface area contributed by atoms with Gasteiger partial charge >= 0.3 is 5.97 Å². The molecule has 0 aliphatic carbocycles. The normalized spacial score (nSPS) is 19.5. The lowest BCUT2D eigenvalue weighted by Crippen LogP contribution is -2.70. The number of β-lactam (4-membered cyclic amide) rings is 1. The number of hydrogen-bond acceptors (Lipinski definition) is 10. The molecule has 192 valence electrons. The number of anilines is 1. The van der Waals surface area contributed by atoms with Crippen LogP contribution in [0.3, 0.4) is 0 Å². The molecule has 12 heteroatoms. The van der Waals surface area contributed by atoms with Crippen LogP contribution in [0.15, 0.2) is 22.3 Å². The SMILES string of the molecule is CCCCCCCCCCOC(=O)C1=CCS[C@@H]2C(NC(=O)/C(=N\OC)c3csc(N)n3)C(=O)N12. The Morgan fingerprint density at radius 3 is 2.60 bits per heavy atom. The Kier molecular flexibility index (Phi) is 10.4. The third-order valence-corrected chi connectivity index (χ3v) is 7.59. The van der Waals surface area contributed by atoms with Gasteiger partial charge in [0.2, 0.25) is 0 Å². The molecular formula is C23H33N5O5S2. The zero-order chi connectivity index (χ0) is 25.2. The van der Waals surface area contributed by atoms with Crippen LogP contribution in [-0.4, -0.2) is 64.3 Å². The van der Waals surface area contributed by atoms with Gasteiger partial charge in [0.1, 0.15) is 29.9 Å². The maximum Gasteiger partial charge on any atom is 0.354 e. The summed E-state index contributed by atoms with van der Waals surface area (Å²) in [6.45, 7) is 2.54. The Hall–Kier alpha value is -2.60. The molecule has 0 bridgehead atoms. The van der Waals surface area contributed by atoms with E-state index in [1.54, 1.807) is 11.5 Å². The summed E-state index contributed by atoms with van der Waals surface area (Å²) >= 11 is 2.62. The van der Waals surface area contributed by atoms with Crippen molar-refractivity contribution >= 4 is 51.7 Å². The van der Waals surface area contributed by atoms with E-state index in [-0.39, 0.29) is 28.1 Å². The van der Waals surface area contributed by atoms with Gasteiger partial charge in [-0.05, 0) is 12.5 Å². The van der Waals surface area contributed by atoms with Crippen LogP contribution >= 0.6 is 23.1 Å². The van der Waals surface area contributed by atoms with Crippen molar-refractivity contribution in [3.63, 3.8) is 0 Å². The molecule has 2 aliphatic heterocycles. The standard InChI is InChI=1S/C23H33N5O5S2/c1-3-4-5-6-7-8-9-10-12-33-22(31)16-11-13-34-21-18(20(30)28(16)21)26-19(29)17(27-32-2)15-14-35-23(24)25-15/h11,14,18,21H,3-10,12-13H2,1-2H3,(H2,24,25)(H,26,29)/b27-17-/t18?,21-/m1/s1. The monoisotopic (exact) mass is 523 g/mol. The van der Waals surface area contributed by atoms with Gasteiger partial charge in [-0.2, -0.15) is 0 Å². The minimum absolute atomic E-state index is 0.0759. The van der Waals surface area contributed by atoms with Gasteiger partial charge in [-0.15, -0.1) is 23.1 Å². The van der Waals surface area contributed by atoms with Crippen molar-refractivity contribution in [3.05, 3.63) is 22.8 Å². The van der Waals surface area contributed by atoms with E-state index in [1.807, 2.05) is 0 Å². The second kappa shape index (κ2) is 13.5. The van der Waals surface area contributed by atoms with E-state index < -0.39 is 23.3 Å². The molecule has 0 radical (unpaired) electrons. The molecule has 1 fully saturated rings. The van der Waals surface area contributed by atoms with Crippen LogP contribution in [0.2, 0.25) is 0 Å². The quantitative estimate of drug-likeness (QED) is 0.125. The molecule has 3 heterocycles. The fraction of sp³-hybridized carbons (Fsp3) is 0.609. The van der Waals surface area contributed by atoms with Crippen molar-refractivity contribution in [2.75, 3.05) is 25.2 Å². The molecule has 1 saturated heterocycles. The van der Waals surface area contributed by atoms with E-state index in [2.05, 4.69) is 22.4 Å². The Balaban J connectivity index is 1.47. The maximum atomic E-state index is 12.8. The first-order valence-electron chi connectivity index (χ1n) is 11.9. The van der Waals surface area contributed by atoms with Crippen molar-refractivity contribution in [1.82, 2.24) is 15.2 Å². The van der Waals surface area contributed by atoms with Crippen molar-refractivity contribution < 1.29 is 24.0 Å². The number of amides is 2. The average molecular weight is 524 g/mol. The number of oxime groups is 1. The molecule has 1 aromatic heterocycles. The first-order chi connectivity index (χ1) is 17.0. The Morgan fingerprint density at radius 2 is 1.94 bits per heavy atom. The van der Waals surface area contributed by atoms with Crippen LogP contribution in [0.4, 0.5) is 5.13 Å². The van der Waals surface area contributed by atoms with Crippen LogP contribution in [0.25, 0.3) is 0 Å². The zero-order valence-corrected chi connectivity index (χ0v) is 21.8. The highest BCUT2D eigenvalue weighted by molar-refractivity contribution is 8.00. The van der Waals surface area contributed by atoms with Gasteiger partial charge in [0.05, 0.1) is 6.61 Å². The minimum atomic E-state index is -0.797. The molecule has 10 nitrogen and oxygen atoms in total. The number of nitrogen functional groups attached to an aromatic ring is 1. The van der Waals surface area contributed by atoms with Crippen LogP contribution in [0.1, 0.15) is 64.0 Å². The number of unbranched alkanes of at least 4 members (excludes halogenated alkanes) is 7. The van der Waals surface area contributed by atoms with E-state index in [1.165, 1.54) is 55.9 Å². The highest BCUT2D eigenvalue weighted by atomic mass is 32.2. The average Bonchev–Trinajstić information content (AvgIpc) is 3.29. The lowest BCUT2D eigenvalue weighted by Gasteiger charge is -2.48. The number of nitrogens with zero attached hydrogens (tertiary/aromatic N) is 3. The number of ether oxygens (including phenoxy) is 1. The highest BCUT2D eigenvalue weighted by Crippen LogP contribution is 2.37. The van der Waals surface area contributed by atoms with Gasteiger partial charge in [-0.25, -0.2) is 9.78 Å². The predicted molar refractivity (Wildman–Crippen MR) is 137 cm³/mol. The Bertz CT molecular complexity index is 964. The lowest BCUT2D eigenvalue weighted by molar-refractivity contribution is -0.152. The Labute approximate surface area is 213 Å². The first-order valence-corrected chi connectivity index (χ1v) is 13.9. The summed E-state index contributed by atoms with van der Waals surface area (Å²) in [7, 11) is 1.31. The van der Waals surface area contributed by atoms with E-state index in [4.69, 9.17) is 15.3 Å². The molecular weight excluding hydrogens is 490 g/mol. The van der Waals surface area contributed by atoms with Gasteiger partial charge < -0.3 is 20.6 Å². The number of nitrogens with one attached hydrogen (secondary N) is 1. The number of fused-ring (bicyclic) bond motifs is 1. The van der Waals surface area contributed by atoms with Crippen molar-refractivity contribution in [1.29, 1.82) is 0 Å². The van der Waals surface area contributed by atoms with Gasteiger partial charge in [-0.3, -0.25) is 14.5 Å². The number of carbonyl (C=O) groups excluding carboxylic acids is 3. The largest absolute Gasteiger partial charge is 0.461 e. The Morgan fingerprint density at radius 1 is 1.23 bits per heavy atom. The number of nitrogens with two attached hydrogens (primary N) is 1. The van der Waals surface area contributed by atoms with Crippen molar-refractivity contribution in [2.45, 2.75) is 69.7 Å². The number of hydrogen-bond donors (Lipinski definition) is 2. The second-order valence-corrected chi connectivity index (χ2v) is 10.3. The molecule has 35 heavy (non-hydrogen) atoms. The van der Waals surface area contributed by atoms with Gasteiger partial charge in [0.15, 0.2) is 10.8 Å². The zero-order valence-electron chi connectivity index (χ0n) is 20.2. The minimum Gasteiger partial charge on any atom is -0.461 e. The number of aromatic nitrogens is 1. The van der Waals surface area contributed by atoms with Gasteiger partial charge in [0.25, 0.3) is 11.8 Å². The first kappa shape index (κ1) is 27.0. The van der Waals surface area contributed by atoms with Crippen LogP contribution in [0.5, 0.6) is 0 Å². The third kappa shape index (κ3) is 6.97. The maximum absolute atomic E-state index is 12.8. The van der Waals surface area contributed by atoms with E-state index in [0.717, 1.165) is 30.6 Å². The second-order valence-electron chi connectivity index (χ2n) is 8.28. The van der Waals surface area contributed by atoms with Crippen LogP contribution in [-0.2, 0) is 24.0 Å². The molecule has 3 rings (SSSR count). The summed E-state index contributed by atoms with van der Waals surface area (Å²) in [5.41, 5.74) is 6.07. The van der Waals surface area contributed by atoms with Crippen LogP contribution < -0.4 is 11.1 Å². The molecule has 0 aromatic carbocycles. The summed E-state index contributed by atoms with van der Waals surface area (Å²) < 4.78 is 5.42. The number of esters is 1. The summed E-state index contributed by atoms with van der Waals surface area (Å²) in [6.07, 6.45) is 10.9. The van der Waals surface area contributed by atoms with E-state index in [9.17, 15) is 14.4 Å². The molecule has 2 amide bonds. The van der Waals surface area contributed by atoms with E-state index in [0.29, 0.717) is 12.4 Å². The molecule has 2 aliphatic rings. The van der Waals surface area contributed by atoms with Crippen molar-refractivity contribution in [3.8, 4) is 0 Å². The number of carbonyl (C=O) groups is 3. The fourth-order valence-corrected chi connectivity index (χ4v) is 5.65. The topological polar surface area (TPSA) is 136 Å². The summed E-state index contributed by atoms with van der Waals surface area (Å²) in [6, 6.07) is -0.797. The molecule has 0 saturated carbocycles. The van der Waals surface area contributed by atoms with Crippen LogP contribution in [0, 0.1) is 0 Å². The number of thioether (sulfide) groups is 1. The van der Waals surface area contributed by atoms with Gasteiger partial charge in [0, 0.05) is 11.1 Å². The molecule has 2 atom stereocenters.